The third-order valence-corrected chi connectivity index (χ3v) is 3.07. The van der Waals surface area contributed by atoms with Gasteiger partial charge in [-0.15, -0.1) is 0 Å². The molecule has 0 aromatic heterocycles. The summed E-state index contributed by atoms with van der Waals surface area (Å²) in [6.45, 7) is 3.41. The van der Waals surface area contributed by atoms with Gasteiger partial charge in [0.1, 0.15) is 0 Å². The number of benzene rings is 1. The highest BCUT2D eigenvalue weighted by atomic mass is 16.6. The number of aliphatic imine (C=N–C) groups is 1. The molecule has 5 N–H and O–H groups in total. The van der Waals surface area contributed by atoms with Gasteiger partial charge in [0.2, 0.25) is 5.88 Å². The number of nitrogens with zero attached hydrogens (tertiary/aromatic N) is 2. The lowest BCUT2D eigenvalue weighted by molar-refractivity contribution is -0.176. The van der Waals surface area contributed by atoms with Gasteiger partial charge in [-0.3, -0.25) is 10.2 Å². The smallest absolute Gasteiger partial charge is 0.223 e. The molecule has 1 atom stereocenters. The second kappa shape index (κ2) is 5.36. The fourth-order valence-electron chi connectivity index (χ4n) is 2.07. The predicted octanol–water partition coefficient (Wildman–Crippen LogP) is 2.10. The largest absolute Gasteiger partial charge is 0.493 e. The van der Waals surface area contributed by atoms with E-state index >= 15 is 0 Å². The van der Waals surface area contributed by atoms with Gasteiger partial charge >= 0.3 is 0 Å². The monoisotopic (exact) mass is 275 g/mol. The number of nitrogen functional groups attached to an aromatic ring is 1. The Bertz CT molecular complexity index is 620. The Balaban J connectivity index is 2.45. The van der Waals surface area contributed by atoms with Crippen LogP contribution in [0, 0.1) is 0 Å². The van der Waals surface area contributed by atoms with E-state index in [4.69, 9.17) is 5.73 Å². The Labute approximate surface area is 116 Å². The molecule has 0 fully saturated rings. The Kier molecular flexibility index (Phi) is 3.78. The first kappa shape index (κ1) is 14.1. The topological polar surface area (TPSA) is 102 Å². The van der Waals surface area contributed by atoms with E-state index in [2.05, 4.69) is 4.99 Å². The molecule has 0 spiro atoms. The summed E-state index contributed by atoms with van der Waals surface area (Å²) in [5.41, 5.74) is 8.38. The summed E-state index contributed by atoms with van der Waals surface area (Å²) in [4.78, 5) is 4.36. The van der Waals surface area contributed by atoms with E-state index in [0.29, 0.717) is 33.3 Å². The molecule has 0 saturated carbocycles. The molecule has 1 aromatic carbocycles. The van der Waals surface area contributed by atoms with E-state index in [1.807, 2.05) is 6.07 Å². The molecule has 6 heteroatoms. The Hall–Kier alpha value is -2.31. The molecule has 106 valence electrons. The van der Waals surface area contributed by atoms with E-state index in [9.17, 15) is 15.4 Å². The standard InChI is InChI=1S/C14H17N3O3/c1-8-7-12(18)17(20)14(19)13(8)9(2)16-11-6-4-3-5-10(11)15/h3-7,12,18-20H,15H2,1-2H3/b16-9+. The molecule has 1 aliphatic rings. The van der Waals surface area contributed by atoms with Gasteiger partial charge < -0.3 is 15.9 Å². The molecule has 0 radical (unpaired) electrons. The molecular weight excluding hydrogens is 258 g/mol. The average molecular weight is 275 g/mol. The van der Waals surface area contributed by atoms with Crippen LogP contribution in [-0.2, 0) is 0 Å². The number of hydrogen-bond donors (Lipinski definition) is 4. The van der Waals surface area contributed by atoms with Crippen molar-refractivity contribution in [3.05, 3.63) is 47.4 Å². The number of hydrogen-bond acceptors (Lipinski definition) is 6. The third-order valence-electron chi connectivity index (χ3n) is 3.07. The van der Waals surface area contributed by atoms with Crippen LogP contribution in [0.15, 0.2) is 52.4 Å². The second-order valence-corrected chi connectivity index (χ2v) is 4.56. The number of anilines is 1. The van der Waals surface area contributed by atoms with Gasteiger partial charge in [0.25, 0.3) is 0 Å². The van der Waals surface area contributed by atoms with Crippen molar-refractivity contribution in [2.75, 3.05) is 5.73 Å². The van der Waals surface area contributed by atoms with Crippen LogP contribution >= 0.6 is 0 Å². The van der Waals surface area contributed by atoms with Crippen LogP contribution in [0.5, 0.6) is 0 Å². The molecule has 20 heavy (non-hydrogen) atoms. The van der Waals surface area contributed by atoms with Crippen LogP contribution in [0.25, 0.3) is 0 Å². The molecule has 1 heterocycles. The molecule has 1 aromatic rings. The number of nitrogens with two attached hydrogens (primary N) is 1. The first-order valence-corrected chi connectivity index (χ1v) is 6.10. The van der Waals surface area contributed by atoms with E-state index in [-0.39, 0.29) is 0 Å². The fourth-order valence-corrected chi connectivity index (χ4v) is 2.07. The average Bonchev–Trinajstić information content (AvgIpc) is 2.39. The van der Waals surface area contributed by atoms with Gasteiger partial charge in [-0.25, -0.2) is 0 Å². The number of aliphatic hydroxyl groups is 2. The number of rotatable bonds is 2. The fraction of sp³-hybridized carbons (Fsp3) is 0.214. The minimum Gasteiger partial charge on any atom is -0.493 e. The second-order valence-electron chi connectivity index (χ2n) is 4.56. The van der Waals surface area contributed by atoms with Gasteiger partial charge in [0.05, 0.1) is 22.7 Å². The quantitative estimate of drug-likeness (QED) is 0.489. The molecule has 0 bridgehead atoms. The molecular formula is C14H17N3O3. The predicted molar refractivity (Wildman–Crippen MR) is 76.7 cm³/mol. The SMILES string of the molecule is CC1=CC(O)N(O)C(O)=C1/C(C)=N/c1ccccc1N. The third kappa shape index (κ3) is 2.52. The van der Waals surface area contributed by atoms with Gasteiger partial charge in [0.15, 0.2) is 6.23 Å². The Morgan fingerprint density at radius 2 is 2.00 bits per heavy atom. The zero-order valence-corrected chi connectivity index (χ0v) is 11.3. The maximum absolute atomic E-state index is 9.94. The minimum absolute atomic E-state index is 0.362. The van der Waals surface area contributed by atoms with Crippen molar-refractivity contribution >= 4 is 17.1 Å². The first-order valence-electron chi connectivity index (χ1n) is 6.10. The molecule has 6 nitrogen and oxygen atoms in total. The first-order chi connectivity index (χ1) is 9.41. The van der Waals surface area contributed by atoms with Crippen molar-refractivity contribution in [1.82, 2.24) is 5.06 Å². The van der Waals surface area contributed by atoms with Crippen LogP contribution in [0.3, 0.4) is 0 Å². The summed E-state index contributed by atoms with van der Waals surface area (Å²) in [5.74, 6) is -0.437. The highest BCUT2D eigenvalue weighted by Crippen LogP contribution is 2.27. The highest BCUT2D eigenvalue weighted by molar-refractivity contribution is 6.04. The summed E-state index contributed by atoms with van der Waals surface area (Å²) >= 11 is 0. The van der Waals surface area contributed by atoms with E-state index in [0.717, 1.165) is 0 Å². The van der Waals surface area contributed by atoms with Crippen molar-refractivity contribution in [2.45, 2.75) is 20.1 Å². The Morgan fingerprint density at radius 3 is 2.65 bits per heavy atom. The number of allylic oxidation sites excluding steroid dienone is 2. The lowest BCUT2D eigenvalue weighted by Crippen LogP contribution is -2.35. The van der Waals surface area contributed by atoms with Gasteiger partial charge in [-0.2, -0.15) is 5.06 Å². The summed E-state index contributed by atoms with van der Waals surface area (Å²) in [6, 6.07) is 7.09. The van der Waals surface area contributed by atoms with Crippen molar-refractivity contribution in [3.63, 3.8) is 0 Å². The number of aliphatic hydroxyl groups excluding tert-OH is 2. The summed E-state index contributed by atoms with van der Waals surface area (Å²) in [5, 5.41) is 29.4. The number of hydroxylamine groups is 2. The minimum atomic E-state index is -1.27. The van der Waals surface area contributed by atoms with Gasteiger partial charge in [-0.05, 0) is 37.6 Å². The van der Waals surface area contributed by atoms with Crippen molar-refractivity contribution in [1.29, 1.82) is 0 Å². The normalized spacial score (nSPS) is 20.2. The molecule has 0 amide bonds. The summed E-state index contributed by atoms with van der Waals surface area (Å²) in [6.07, 6.45) is 0.149. The Morgan fingerprint density at radius 1 is 1.35 bits per heavy atom. The lowest BCUT2D eigenvalue weighted by Gasteiger charge is -2.27. The van der Waals surface area contributed by atoms with Crippen LogP contribution < -0.4 is 5.73 Å². The highest BCUT2D eigenvalue weighted by Gasteiger charge is 2.26. The molecule has 0 saturated heterocycles. The van der Waals surface area contributed by atoms with E-state index in [1.165, 1.54) is 6.08 Å². The van der Waals surface area contributed by atoms with Crippen molar-refractivity contribution in [3.8, 4) is 0 Å². The van der Waals surface area contributed by atoms with Crippen molar-refractivity contribution in [2.24, 2.45) is 4.99 Å². The zero-order valence-electron chi connectivity index (χ0n) is 11.3. The zero-order chi connectivity index (χ0) is 14.9. The summed E-state index contributed by atoms with van der Waals surface area (Å²) in [7, 11) is 0. The van der Waals surface area contributed by atoms with E-state index < -0.39 is 12.1 Å². The van der Waals surface area contributed by atoms with Crippen LogP contribution in [0.2, 0.25) is 0 Å². The van der Waals surface area contributed by atoms with Gasteiger partial charge in [-0.1, -0.05) is 12.1 Å². The molecule has 1 aliphatic heterocycles. The van der Waals surface area contributed by atoms with Crippen LogP contribution in [-0.4, -0.2) is 32.4 Å². The maximum atomic E-state index is 9.94. The maximum Gasteiger partial charge on any atom is 0.223 e. The van der Waals surface area contributed by atoms with Crippen LogP contribution in [0.4, 0.5) is 11.4 Å². The number of para-hydroxylation sites is 2. The van der Waals surface area contributed by atoms with Crippen molar-refractivity contribution < 1.29 is 15.4 Å². The molecule has 2 rings (SSSR count). The summed E-state index contributed by atoms with van der Waals surface area (Å²) < 4.78 is 0. The van der Waals surface area contributed by atoms with E-state index in [1.54, 1.807) is 32.0 Å². The lowest BCUT2D eigenvalue weighted by atomic mass is 10.0. The molecule has 0 aliphatic carbocycles. The molecule has 1 unspecified atom stereocenters. The van der Waals surface area contributed by atoms with Crippen LogP contribution in [0.1, 0.15) is 13.8 Å². The van der Waals surface area contributed by atoms with Gasteiger partial charge in [0, 0.05) is 0 Å².